The maximum atomic E-state index is 14.8. The zero-order chi connectivity index (χ0) is 35.3. The third-order valence-electron chi connectivity index (χ3n) is 8.97. The highest BCUT2D eigenvalue weighted by molar-refractivity contribution is 8.00. The summed E-state index contributed by atoms with van der Waals surface area (Å²) in [6.45, 7) is 4.84. The van der Waals surface area contributed by atoms with Crippen molar-refractivity contribution in [3.63, 3.8) is 0 Å². The van der Waals surface area contributed by atoms with E-state index in [9.17, 15) is 22.8 Å². The topological polar surface area (TPSA) is 99.2 Å². The van der Waals surface area contributed by atoms with Crippen LogP contribution < -0.4 is 20.9 Å². The molecule has 0 radical (unpaired) electrons. The van der Waals surface area contributed by atoms with Gasteiger partial charge in [-0.1, -0.05) is 74.5 Å². The summed E-state index contributed by atoms with van der Waals surface area (Å²) in [5.74, 6) is -0.473. The first-order chi connectivity index (χ1) is 24.0. The minimum Gasteiger partial charge on any atom is -0.366 e. The Morgan fingerprint density at radius 2 is 1.22 bits per heavy atom. The van der Waals surface area contributed by atoms with Crippen LogP contribution in [0.4, 0.5) is 35.3 Å². The summed E-state index contributed by atoms with van der Waals surface area (Å²) in [5, 5.41) is 9.72. The van der Waals surface area contributed by atoms with Gasteiger partial charge in [-0.15, -0.1) is 0 Å². The number of nitrogens with zero attached hydrogens (tertiary/aromatic N) is 3. The van der Waals surface area contributed by atoms with Gasteiger partial charge in [-0.2, -0.15) is 13.2 Å². The predicted molar refractivity (Wildman–Crippen MR) is 190 cm³/mol. The molecule has 0 aliphatic carbocycles. The molecule has 1 aliphatic heterocycles. The predicted octanol–water partition coefficient (Wildman–Crippen LogP) is 8.72. The van der Waals surface area contributed by atoms with Crippen LogP contribution in [0.3, 0.4) is 0 Å². The van der Waals surface area contributed by atoms with Crippen LogP contribution in [-0.4, -0.2) is 33.0 Å². The minimum atomic E-state index is -4.47. The SMILES string of the molecule is CC(c1ccnc(NCc2ccccc2)c1)C1(C(C)c2ccnc(NCc3ccccc3)c2)NC(=O)N(c2ccc(SC(F)(F)F)cc2)C1=O. The van der Waals surface area contributed by atoms with Gasteiger partial charge in [0.05, 0.1) is 5.69 Å². The fraction of sp³-hybridized carbons (Fsp3) is 0.211. The third kappa shape index (κ3) is 7.60. The Labute approximate surface area is 292 Å². The number of pyridine rings is 2. The Kier molecular flexibility index (Phi) is 10.1. The van der Waals surface area contributed by atoms with E-state index in [1.54, 1.807) is 12.4 Å². The van der Waals surface area contributed by atoms with E-state index in [4.69, 9.17) is 0 Å². The van der Waals surface area contributed by atoms with Gasteiger partial charge >= 0.3 is 11.5 Å². The lowest BCUT2D eigenvalue weighted by Crippen LogP contribution is -2.55. The molecule has 0 saturated carbocycles. The Morgan fingerprint density at radius 1 is 0.740 bits per heavy atom. The van der Waals surface area contributed by atoms with E-state index >= 15 is 0 Å². The molecule has 3 N–H and O–H groups in total. The van der Waals surface area contributed by atoms with Gasteiger partial charge in [0.2, 0.25) is 0 Å². The fourth-order valence-electron chi connectivity index (χ4n) is 6.29. The summed E-state index contributed by atoms with van der Waals surface area (Å²) in [7, 11) is 0. The van der Waals surface area contributed by atoms with Crippen molar-refractivity contribution in [1.82, 2.24) is 15.3 Å². The molecular formula is C38H35F3N6O2S. The van der Waals surface area contributed by atoms with Gasteiger partial charge < -0.3 is 16.0 Å². The number of hydrogen-bond acceptors (Lipinski definition) is 7. The quantitative estimate of drug-likeness (QED) is 0.0887. The van der Waals surface area contributed by atoms with E-state index in [-0.39, 0.29) is 22.3 Å². The maximum Gasteiger partial charge on any atom is 0.446 e. The molecule has 3 aromatic carbocycles. The third-order valence-corrected chi connectivity index (χ3v) is 9.71. The molecule has 6 rings (SSSR count). The highest BCUT2D eigenvalue weighted by Gasteiger charge is 2.58. The van der Waals surface area contributed by atoms with Crippen LogP contribution in [0.2, 0.25) is 0 Å². The zero-order valence-corrected chi connectivity index (χ0v) is 28.1. The number of thioether (sulfide) groups is 1. The van der Waals surface area contributed by atoms with Crippen molar-refractivity contribution in [3.8, 4) is 0 Å². The summed E-state index contributed by atoms with van der Waals surface area (Å²) in [6, 6.07) is 31.6. The van der Waals surface area contributed by atoms with Gasteiger partial charge in [-0.3, -0.25) is 4.79 Å². The lowest BCUT2D eigenvalue weighted by atomic mass is 9.70. The summed E-state index contributed by atoms with van der Waals surface area (Å²) >= 11 is -0.262. The number of hydrogen-bond donors (Lipinski definition) is 3. The largest absolute Gasteiger partial charge is 0.446 e. The number of carbonyl (C=O) groups is 2. The first-order valence-corrected chi connectivity index (χ1v) is 16.8. The first-order valence-electron chi connectivity index (χ1n) is 16.0. The van der Waals surface area contributed by atoms with Crippen molar-refractivity contribution in [2.24, 2.45) is 0 Å². The first kappa shape index (κ1) is 34.5. The number of alkyl halides is 3. The van der Waals surface area contributed by atoms with E-state index in [0.717, 1.165) is 27.2 Å². The highest BCUT2D eigenvalue weighted by atomic mass is 32.2. The average Bonchev–Trinajstić information content (AvgIpc) is 3.40. The normalized spacial score (nSPS) is 17.3. The molecule has 256 valence electrons. The maximum absolute atomic E-state index is 14.8. The lowest BCUT2D eigenvalue weighted by molar-refractivity contribution is -0.123. The molecular weight excluding hydrogens is 662 g/mol. The van der Waals surface area contributed by atoms with Crippen molar-refractivity contribution >= 4 is 41.0 Å². The number of aromatic nitrogens is 2. The van der Waals surface area contributed by atoms with E-state index in [1.165, 1.54) is 24.3 Å². The van der Waals surface area contributed by atoms with Crippen molar-refractivity contribution in [3.05, 3.63) is 144 Å². The van der Waals surface area contributed by atoms with E-state index in [2.05, 4.69) is 25.9 Å². The van der Waals surface area contributed by atoms with Crippen LogP contribution in [0.15, 0.2) is 126 Å². The Morgan fingerprint density at radius 3 is 1.68 bits per heavy atom. The lowest BCUT2D eigenvalue weighted by Gasteiger charge is -2.39. The van der Waals surface area contributed by atoms with Gasteiger partial charge in [0, 0.05) is 42.2 Å². The number of imide groups is 1. The molecule has 1 saturated heterocycles. The van der Waals surface area contributed by atoms with Crippen LogP contribution in [0.5, 0.6) is 0 Å². The van der Waals surface area contributed by atoms with Gasteiger partial charge in [0.1, 0.15) is 17.2 Å². The number of rotatable bonds is 12. The number of benzene rings is 3. The molecule has 3 heterocycles. The van der Waals surface area contributed by atoms with Crippen molar-refractivity contribution in [2.45, 2.75) is 54.7 Å². The second-order valence-corrected chi connectivity index (χ2v) is 13.2. The molecule has 2 atom stereocenters. The summed E-state index contributed by atoms with van der Waals surface area (Å²) in [5.41, 5.74) is -2.15. The summed E-state index contributed by atoms with van der Waals surface area (Å²) in [4.78, 5) is 38.5. The monoisotopic (exact) mass is 696 g/mol. The molecule has 0 spiro atoms. The van der Waals surface area contributed by atoms with E-state index in [0.29, 0.717) is 24.7 Å². The zero-order valence-electron chi connectivity index (χ0n) is 27.3. The number of halogens is 3. The van der Waals surface area contributed by atoms with Crippen LogP contribution in [0.1, 0.15) is 47.9 Å². The van der Waals surface area contributed by atoms with E-state index < -0.39 is 34.8 Å². The molecule has 1 fully saturated rings. The van der Waals surface area contributed by atoms with Gasteiger partial charge in [0.25, 0.3) is 5.91 Å². The smallest absolute Gasteiger partial charge is 0.366 e. The molecule has 2 aromatic heterocycles. The number of carbonyl (C=O) groups excluding carboxylic acids is 2. The van der Waals surface area contributed by atoms with Gasteiger partial charge in [0.15, 0.2) is 0 Å². The molecule has 2 unspecified atom stereocenters. The second kappa shape index (κ2) is 14.6. The van der Waals surface area contributed by atoms with Crippen LogP contribution >= 0.6 is 11.8 Å². The Balaban J connectivity index is 1.34. The molecule has 12 heteroatoms. The standard InChI is InChI=1S/C38H35F3N6O2S/c1-25(29-17-19-42-33(21-29)44-23-27-9-5-3-6-10-27)37(26(2)30-18-20-43-34(22-30)45-24-28-11-7-4-8-12-28)35(48)47(36(49)46-37)31-13-15-32(16-14-31)50-38(39,40)41/h3-22,25-26H,23-24H2,1-2H3,(H,42,44)(H,43,45)(H,46,49). The van der Waals surface area contributed by atoms with Crippen molar-refractivity contribution < 1.29 is 22.8 Å². The average molecular weight is 697 g/mol. The fourth-order valence-corrected chi connectivity index (χ4v) is 6.82. The molecule has 3 amide bonds. The highest BCUT2D eigenvalue weighted by Crippen LogP contribution is 2.46. The number of anilines is 3. The van der Waals surface area contributed by atoms with Crippen molar-refractivity contribution in [1.29, 1.82) is 0 Å². The van der Waals surface area contributed by atoms with Gasteiger partial charge in [-0.05, 0) is 82.5 Å². The Hall–Kier alpha value is -5.36. The van der Waals surface area contributed by atoms with Gasteiger partial charge in [-0.25, -0.2) is 19.7 Å². The summed E-state index contributed by atoms with van der Waals surface area (Å²) in [6.07, 6.45) is 3.32. The second-order valence-electron chi connectivity index (χ2n) is 12.1. The molecule has 50 heavy (non-hydrogen) atoms. The minimum absolute atomic E-state index is 0.0547. The van der Waals surface area contributed by atoms with Crippen LogP contribution in [0.25, 0.3) is 0 Å². The number of nitrogens with one attached hydrogen (secondary N) is 3. The van der Waals surface area contributed by atoms with Crippen LogP contribution in [0, 0.1) is 0 Å². The van der Waals surface area contributed by atoms with Crippen LogP contribution in [-0.2, 0) is 17.9 Å². The molecule has 1 aliphatic rings. The molecule has 5 aromatic rings. The molecule has 0 bridgehead atoms. The summed E-state index contributed by atoms with van der Waals surface area (Å²) < 4.78 is 39.0. The van der Waals surface area contributed by atoms with Crippen molar-refractivity contribution in [2.75, 3.05) is 15.5 Å². The Bertz CT molecular complexity index is 1850. The van der Waals surface area contributed by atoms with E-state index in [1.807, 2.05) is 98.8 Å². The number of urea groups is 1. The number of amides is 3. The molecule has 8 nitrogen and oxygen atoms in total.